The van der Waals surface area contributed by atoms with Gasteiger partial charge in [-0.05, 0) is 25.3 Å². The van der Waals surface area contributed by atoms with Crippen LogP contribution in [-0.2, 0) is 0 Å². The van der Waals surface area contributed by atoms with Crippen LogP contribution in [0.1, 0.15) is 58.8 Å². The molecule has 0 radical (unpaired) electrons. The summed E-state index contributed by atoms with van der Waals surface area (Å²) >= 11 is 5.46. The number of hydrogen-bond donors (Lipinski definition) is 1. The Bertz CT molecular complexity index is 210. The molecule has 0 saturated carbocycles. The van der Waals surface area contributed by atoms with E-state index in [1.54, 1.807) is 0 Å². The third kappa shape index (κ3) is 4.79. The van der Waals surface area contributed by atoms with Crippen LogP contribution in [0.5, 0.6) is 0 Å². The Morgan fingerprint density at radius 1 is 1.29 bits per heavy atom. The quantitative estimate of drug-likeness (QED) is 0.320. The molecule has 1 heterocycles. The molecule has 17 heavy (non-hydrogen) atoms. The molecule has 1 rings (SSSR count). The number of piperidine rings is 1. The fourth-order valence-electron chi connectivity index (χ4n) is 2.90. The number of hydrogen-bond acceptors (Lipinski definition) is 1. The van der Waals surface area contributed by atoms with E-state index in [-0.39, 0.29) is 0 Å². The molecule has 0 aromatic rings. The molecule has 0 aromatic heterocycles. The minimum absolute atomic E-state index is 0.546. The van der Waals surface area contributed by atoms with Crippen molar-refractivity contribution in [2.75, 3.05) is 13.1 Å². The van der Waals surface area contributed by atoms with Gasteiger partial charge in [0.2, 0.25) is 0 Å². The van der Waals surface area contributed by atoms with Crippen LogP contribution >= 0.6 is 45.2 Å². The standard InChI is InChI=1S/C14H27I2N/c1-3-5-6-7-8-12(4-2)14(16)9-10-17-11-13(14)15/h12-13,17H,3-11H2,1-2H3/t12-,13-,14+/m1/s1. The van der Waals surface area contributed by atoms with Gasteiger partial charge < -0.3 is 5.32 Å². The fraction of sp³-hybridized carbons (Fsp3) is 1.00. The van der Waals surface area contributed by atoms with Crippen molar-refractivity contribution in [3.8, 4) is 0 Å². The van der Waals surface area contributed by atoms with Crippen molar-refractivity contribution in [2.24, 2.45) is 5.92 Å². The summed E-state index contributed by atoms with van der Waals surface area (Å²) in [6.45, 7) is 7.10. The minimum atomic E-state index is 0.546. The van der Waals surface area contributed by atoms with Crippen LogP contribution in [0.25, 0.3) is 0 Å². The maximum Gasteiger partial charge on any atom is 0.0392 e. The maximum atomic E-state index is 3.53. The monoisotopic (exact) mass is 463 g/mol. The van der Waals surface area contributed by atoms with E-state index >= 15 is 0 Å². The molecule has 3 heteroatoms. The molecule has 0 spiro atoms. The Morgan fingerprint density at radius 2 is 2.06 bits per heavy atom. The number of nitrogens with one attached hydrogen (secondary N) is 1. The Hall–Kier alpha value is 1.42. The van der Waals surface area contributed by atoms with Crippen molar-refractivity contribution in [3.05, 3.63) is 0 Å². The van der Waals surface area contributed by atoms with Crippen LogP contribution in [0.15, 0.2) is 0 Å². The SMILES string of the molecule is CCCCCC[C@@H](CC)[C@@]1(I)CCNC[C@H]1I. The minimum Gasteiger partial charge on any atom is -0.316 e. The zero-order valence-electron chi connectivity index (χ0n) is 11.3. The lowest BCUT2D eigenvalue weighted by Crippen LogP contribution is -2.51. The van der Waals surface area contributed by atoms with Crippen molar-refractivity contribution in [2.45, 2.75) is 66.1 Å². The third-order valence-corrected chi connectivity index (χ3v) is 9.02. The number of unbranched alkanes of at least 4 members (excludes halogenated alkanes) is 3. The van der Waals surface area contributed by atoms with Gasteiger partial charge in [-0.2, -0.15) is 0 Å². The van der Waals surface area contributed by atoms with Crippen LogP contribution in [0.4, 0.5) is 0 Å². The molecular formula is C14H27I2N. The summed E-state index contributed by atoms with van der Waals surface area (Å²) in [6, 6.07) is 0. The van der Waals surface area contributed by atoms with E-state index in [0.29, 0.717) is 3.42 Å². The normalized spacial score (nSPS) is 31.4. The average Bonchev–Trinajstić information content (AvgIpc) is 2.33. The average molecular weight is 463 g/mol. The predicted molar refractivity (Wildman–Crippen MR) is 94.6 cm³/mol. The Kier molecular flexibility index (Phi) is 8.30. The van der Waals surface area contributed by atoms with Gasteiger partial charge in [0.1, 0.15) is 0 Å². The van der Waals surface area contributed by atoms with E-state index < -0.39 is 0 Å². The van der Waals surface area contributed by atoms with Crippen molar-refractivity contribution < 1.29 is 0 Å². The van der Waals surface area contributed by atoms with Crippen LogP contribution in [0, 0.1) is 5.92 Å². The highest BCUT2D eigenvalue weighted by Gasteiger charge is 2.42. The summed E-state index contributed by atoms with van der Waals surface area (Å²) in [5.41, 5.74) is 0. The topological polar surface area (TPSA) is 12.0 Å². The van der Waals surface area contributed by atoms with Gasteiger partial charge in [0.05, 0.1) is 0 Å². The van der Waals surface area contributed by atoms with E-state index in [4.69, 9.17) is 0 Å². The first-order valence-electron chi connectivity index (χ1n) is 7.18. The van der Waals surface area contributed by atoms with E-state index in [0.717, 1.165) is 9.84 Å². The summed E-state index contributed by atoms with van der Waals surface area (Å²) in [4.78, 5) is 0. The Balaban J connectivity index is 2.46. The summed E-state index contributed by atoms with van der Waals surface area (Å²) in [5.74, 6) is 0.920. The van der Waals surface area contributed by atoms with Crippen molar-refractivity contribution >= 4 is 45.2 Å². The van der Waals surface area contributed by atoms with Gasteiger partial charge in [-0.25, -0.2) is 0 Å². The first kappa shape index (κ1) is 16.5. The third-order valence-electron chi connectivity index (χ3n) is 4.11. The van der Waals surface area contributed by atoms with Crippen molar-refractivity contribution in [3.63, 3.8) is 0 Å². The molecule has 1 N–H and O–H groups in total. The lowest BCUT2D eigenvalue weighted by molar-refractivity contribution is 0.299. The van der Waals surface area contributed by atoms with Gasteiger partial charge in [0.15, 0.2) is 0 Å². The van der Waals surface area contributed by atoms with Gasteiger partial charge in [0, 0.05) is 13.9 Å². The molecule has 1 fully saturated rings. The number of alkyl halides is 2. The maximum absolute atomic E-state index is 3.53. The molecule has 0 unspecified atom stereocenters. The lowest BCUT2D eigenvalue weighted by atomic mass is 9.80. The molecule has 3 atom stereocenters. The van der Waals surface area contributed by atoms with Gasteiger partial charge in [-0.15, -0.1) is 0 Å². The second-order valence-corrected chi connectivity index (χ2v) is 8.81. The van der Waals surface area contributed by atoms with Gasteiger partial charge in [-0.1, -0.05) is 91.1 Å². The van der Waals surface area contributed by atoms with E-state index in [2.05, 4.69) is 64.3 Å². The molecule has 1 saturated heterocycles. The molecule has 0 aromatic carbocycles. The zero-order valence-corrected chi connectivity index (χ0v) is 15.6. The zero-order chi connectivity index (χ0) is 12.7. The van der Waals surface area contributed by atoms with Gasteiger partial charge >= 0.3 is 0 Å². The summed E-state index contributed by atoms with van der Waals surface area (Å²) in [7, 11) is 0. The molecule has 0 bridgehead atoms. The van der Waals surface area contributed by atoms with Crippen molar-refractivity contribution in [1.29, 1.82) is 0 Å². The van der Waals surface area contributed by atoms with E-state index in [1.807, 2.05) is 0 Å². The van der Waals surface area contributed by atoms with Crippen LogP contribution in [0.2, 0.25) is 0 Å². The largest absolute Gasteiger partial charge is 0.316 e. The second kappa shape index (κ2) is 8.56. The van der Waals surface area contributed by atoms with Crippen molar-refractivity contribution in [1.82, 2.24) is 5.32 Å². The lowest BCUT2D eigenvalue weighted by Gasteiger charge is -2.43. The second-order valence-electron chi connectivity index (χ2n) is 5.30. The summed E-state index contributed by atoms with van der Waals surface area (Å²) in [6.07, 6.45) is 9.80. The number of rotatable bonds is 7. The molecular weight excluding hydrogens is 436 g/mol. The van der Waals surface area contributed by atoms with Gasteiger partial charge in [-0.3, -0.25) is 0 Å². The molecule has 102 valence electrons. The Morgan fingerprint density at radius 3 is 2.65 bits per heavy atom. The Labute approximate surface area is 135 Å². The predicted octanol–water partition coefficient (Wildman–Crippen LogP) is 4.95. The van der Waals surface area contributed by atoms with Crippen LogP contribution in [-0.4, -0.2) is 20.4 Å². The van der Waals surface area contributed by atoms with Crippen LogP contribution < -0.4 is 5.32 Å². The summed E-state index contributed by atoms with van der Waals surface area (Å²) in [5, 5.41) is 3.53. The summed E-state index contributed by atoms with van der Waals surface area (Å²) < 4.78 is 1.34. The molecule has 0 amide bonds. The molecule has 0 aliphatic carbocycles. The van der Waals surface area contributed by atoms with E-state index in [1.165, 1.54) is 58.0 Å². The first-order valence-corrected chi connectivity index (χ1v) is 9.51. The highest BCUT2D eigenvalue weighted by atomic mass is 127. The molecule has 1 aliphatic heterocycles. The number of halogens is 2. The van der Waals surface area contributed by atoms with E-state index in [9.17, 15) is 0 Å². The van der Waals surface area contributed by atoms with Gasteiger partial charge in [0.25, 0.3) is 0 Å². The molecule has 1 nitrogen and oxygen atoms in total. The smallest absolute Gasteiger partial charge is 0.0392 e. The van der Waals surface area contributed by atoms with Crippen LogP contribution in [0.3, 0.4) is 0 Å². The first-order chi connectivity index (χ1) is 8.15. The highest BCUT2D eigenvalue weighted by Crippen LogP contribution is 2.44. The molecule has 1 aliphatic rings. The fourth-order valence-corrected chi connectivity index (χ4v) is 5.27. The highest BCUT2D eigenvalue weighted by molar-refractivity contribution is 14.1.